The number of hydrogen-bond acceptors (Lipinski definition) is 3. The Balaban J connectivity index is 1.71. The molecule has 0 fully saturated rings. The maximum absolute atomic E-state index is 13.7. The average Bonchev–Trinajstić information content (AvgIpc) is 2.68. The topological polar surface area (TPSA) is 40.5 Å². The number of hydrogen-bond donors (Lipinski definition) is 0. The van der Waals surface area contributed by atoms with E-state index in [1.165, 1.54) is 30.5 Å². The molecule has 0 unspecified atom stereocenters. The van der Waals surface area contributed by atoms with E-state index in [1.807, 2.05) is 0 Å². The van der Waals surface area contributed by atoms with Crippen LogP contribution in [0.4, 0.5) is 17.6 Å². The molecule has 0 saturated heterocycles. The Bertz CT molecular complexity index is 1070. The fraction of sp³-hybridized carbons (Fsp3) is 0.105. The lowest BCUT2D eigenvalue weighted by molar-refractivity contribution is 0.0876. The molecule has 0 aliphatic rings. The molecule has 0 spiro atoms. The summed E-state index contributed by atoms with van der Waals surface area (Å²) in [6, 6.07) is 8.91. The monoisotopic (exact) mass is 457 g/mol. The molecule has 0 amide bonds. The lowest BCUT2D eigenvalue weighted by Gasteiger charge is -2.12. The summed E-state index contributed by atoms with van der Waals surface area (Å²) < 4.78 is 59.3. The summed E-state index contributed by atoms with van der Waals surface area (Å²) in [5, 5.41) is 0. The molecule has 2 aromatic carbocycles. The summed E-state index contributed by atoms with van der Waals surface area (Å²) in [5.74, 6) is -4.63. The van der Waals surface area contributed by atoms with E-state index in [0.29, 0.717) is 5.56 Å². The van der Waals surface area contributed by atoms with Gasteiger partial charge in [-0.25, -0.2) is 17.6 Å². The smallest absolute Gasteiger partial charge is 0.301 e. The van der Waals surface area contributed by atoms with Crippen molar-refractivity contribution in [2.45, 2.75) is 13.2 Å². The fourth-order valence-electron chi connectivity index (χ4n) is 2.30. The van der Waals surface area contributed by atoms with Crippen molar-refractivity contribution >= 4 is 15.9 Å². The molecule has 3 rings (SSSR count). The zero-order valence-corrected chi connectivity index (χ0v) is 15.7. The van der Waals surface area contributed by atoms with Crippen molar-refractivity contribution in [2.75, 3.05) is 0 Å². The number of rotatable bonds is 6. The standard InChI is InChI=1S/C19H12BrF4NO3/c20-16-15(27-10-12-4-5-14(22)18(24)17(12)23)6-7-25(19(16)26)28-9-11-2-1-3-13(21)8-11/h1-8H,9-10H2. The Labute approximate surface area is 165 Å². The van der Waals surface area contributed by atoms with Crippen LogP contribution in [0.5, 0.6) is 5.75 Å². The van der Waals surface area contributed by atoms with Crippen LogP contribution in [-0.4, -0.2) is 4.73 Å². The molecule has 0 N–H and O–H groups in total. The van der Waals surface area contributed by atoms with Crippen LogP contribution in [-0.2, 0) is 13.2 Å². The van der Waals surface area contributed by atoms with Crippen LogP contribution < -0.4 is 15.1 Å². The Morgan fingerprint density at radius 2 is 1.75 bits per heavy atom. The van der Waals surface area contributed by atoms with E-state index in [2.05, 4.69) is 15.9 Å². The van der Waals surface area contributed by atoms with Gasteiger partial charge in [-0.2, -0.15) is 4.73 Å². The third kappa shape index (κ3) is 4.36. The van der Waals surface area contributed by atoms with Crippen LogP contribution in [0.15, 0.2) is 57.9 Å². The molecule has 9 heteroatoms. The molecule has 3 aromatic rings. The third-order valence-electron chi connectivity index (χ3n) is 3.72. The number of halogens is 5. The molecule has 1 aromatic heterocycles. The zero-order chi connectivity index (χ0) is 20.3. The molecule has 28 heavy (non-hydrogen) atoms. The maximum Gasteiger partial charge on any atom is 0.301 e. The number of nitrogens with zero attached hydrogens (tertiary/aromatic N) is 1. The summed E-state index contributed by atoms with van der Waals surface area (Å²) in [6.45, 7) is -0.473. The zero-order valence-electron chi connectivity index (χ0n) is 14.1. The van der Waals surface area contributed by atoms with Gasteiger partial charge in [0.05, 0.1) is 6.20 Å². The van der Waals surface area contributed by atoms with E-state index in [1.54, 1.807) is 6.07 Å². The lowest BCUT2D eigenvalue weighted by Crippen LogP contribution is -2.27. The van der Waals surface area contributed by atoms with Gasteiger partial charge in [0, 0.05) is 11.6 Å². The molecule has 4 nitrogen and oxygen atoms in total. The summed E-state index contributed by atoms with van der Waals surface area (Å²) in [4.78, 5) is 17.6. The minimum atomic E-state index is -1.60. The second kappa shape index (κ2) is 8.47. The van der Waals surface area contributed by atoms with Gasteiger partial charge in [-0.1, -0.05) is 12.1 Å². The Kier molecular flexibility index (Phi) is 6.03. The first-order chi connectivity index (χ1) is 13.4. The maximum atomic E-state index is 13.7. The first-order valence-electron chi connectivity index (χ1n) is 7.91. The van der Waals surface area contributed by atoms with Gasteiger partial charge in [-0.05, 0) is 45.8 Å². The normalized spacial score (nSPS) is 10.8. The Morgan fingerprint density at radius 1 is 0.964 bits per heavy atom. The quantitative estimate of drug-likeness (QED) is 0.407. The van der Waals surface area contributed by atoms with E-state index >= 15 is 0 Å². The number of ether oxygens (including phenoxy) is 1. The molecule has 0 radical (unpaired) electrons. The minimum absolute atomic E-state index is 0.0164. The van der Waals surface area contributed by atoms with Crippen molar-refractivity contribution in [1.82, 2.24) is 4.73 Å². The highest BCUT2D eigenvalue weighted by molar-refractivity contribution is 9.10. The van der Waals surface area contributed by atoms with Gasteiger partial charge in [0.2, 0.25) is 0 Å². The molecule has 146 valence electrons. The van der Waals surface area contributed by atoms with E-state index in [-0.39, 0.29) is 22.4 Å². The SMILES string of the molecule is O=c1c(Br)c(OCc2ccc(F)c(F)c2F)ccn1OCc1cccc(F)c1. The number of pyridine rings is 1. The molecule has 1 heterocycles. The van der Waals surface area contributed by atoms with Crippen LogP contribution in [0.1, 0.15) is 11.1 Å². The molecular weight excluding hydrogens is 446 g/mol. The van der Waals surface area contributed by atoms with Gasteiger partial charge in [0.25, 0.3) is 0 Å². The fourth-order valence-corrected chi connectivity index (χ4v) is 2.72. The van der Waals surface area contributed by atoms with Crippen molar-refractivity contribution < 1.29 is 27.1 Å². The highest BCUT2D eigenvalue weighted by atomic mass is 79.9. The summed E-state index contributed by atoms with van der Waals surface area (Å²) in [5.41, 5.74) is -0.297. The van der Waals surface area contributed by atoms with Gasteiger partial charge in [0.15, 0.2) is 17.5 Å². The first kappa shape index (κ1) is 19.9. The predicted octanol–water partition coefficient (Wildman–Crippen LogP) is 4.38. The summed E-state index contributed by atoms with van der Waals surface area (Å²) in [7, 11) is 0. The lowest BCUT2D eigenvalue weighted by atomic mass is 10.2. The molecule has 0 aliphatic heterocycles. The van der Waals surface area contributed by atoms with E-state index in [0.717, 1.165) is 16.9 Å². The molecule has 0 saturated carbocycles. The van der Waals surface area contributed by atoms with Gasteiger partial charge < -0.3 is 9.57 Å². The number of benzene rings is 2. The molecule has 0 atom stereocenters. The third-order valence-corrected chi connectivity index (χ3v) is 4.45. The molecule has 0 aliphatic carbocycles. The van der Waals surface area contributed by atoms with Crippen LogP contribution in [0.3, 0.4) is 0 Å². The summed E-state index contributed by atoms with van der Waals surface area (Å²) in [6.07, 6.45) is 1.27. The van der Waals surface area contributed by atoms with Crippen molar-refractivity contribution in [3.63, 3.8) is 0 Å². The van der Waals surface area contributed by atoms with Crippen molar-refractivity contribution in [1.29, 1.82) is 0 Å². The predicted molar refractivity (Wildman–Crippen MR) is 95.7 cm³/mol. The van der Waals surface area contributed by atoms with Gasteiger partial charge >= 0.3 is 5.56 Å². The Hall–Kier alpha value is -2.81. The van der Waals surface area contributed by atoms with E-state index < -0.39 is 35.4 Å². The average molecular weight is 458 g/mol. The summed E-state index contributed by atoms with van der Waals surface area (Å²) >= 11 is 3.06. The van der Waals surface area contributed by atoms with Crippen molar-refractivity contribution in [3.8, 4) is 5.75 Å². The van der Waals surface area contributed by atoms with Gasteiger partial charge in [0.1, 0.15) is 29.3 Å². The van der Waals surface area contributed by atoms with Crippen molar-refractivity contribution in [2.24, 2.45) is 0 Å². The molecule has 0 bridgehead atoms. The van der Waals surface area contributed by atoms with E-state index in [4.69, 9.17) is 9.57 Å². The Morgan fingerprint density at radius 3 is 2.50 bits per heavy atom. The van der Waals surface area contributed by atoms with Crippen LogP contribution in [0, 0.1) is 23.3 Å². The highest BCUT2D eigenvalue weighted by Gasteiger charge is 2.15. The van der Waals surface area contributed by atoms with E-state index in [9.17, 15) is 22.4 Å². The number of aromatic nitrogens is 1. The van der Waals surface area contributed by atoms with Gasteiger partial charge in [-0.15, -0.1) is 0 Å². The minimum Gasteiger partial charge on any atom is -0.487 e. The first-order valence-corrected chi connectivity index (χ1v) is 8.70. The second-order valence-electron chi connectivity index (χ2n) is 5.65. The molecular formula is C19H12BrF4NO3. The highest BCUT2D eigenvalue weighted by Crippen LogP contribution is 2.23. The second-order valence-corrected chi connectivity index (χ2v) is 6.44. The van der Waals surface area contributed by atoms with Crippen molar-refractivity contribution in [3.05, 3.63) is 97.9 Å². The largest absolute Gasteiger partial charge is 0.487 e. The van der Waals surface area contributed by atoms with Crippen LogP contribution in [0.25, 0.3) is 0 Å². The van der Waals surface area contributed by atoms with Crippen LogP contribution in [0.2, 0.25) is 0 Å². The van der Waals surface area contributed by atoms with Gasteiger partial charge in [-0.3, -0.25) is 4.79 Å². The van der Waals surface area contributed by atoms with Crippen LogP contribution >= 0.6 is 15.9 Å².